The van der Waals surface area contributed by atoms with Crippen LogP contribution in [0.3, 0.4) is 0 Å². The average Bonchev–Trinajstić information content (AvgIpc) is 3.19. The van der Waals surface area contributed by atoms with E-state index >= 15 is 0 Å². The summed E-state index contributed by atoms with van der Waals surface area (Å²) in [6.45, 7) is 0. The number of para-hydroxylation sites is 1. The first kappa shape index (κ1) is 15.9. The van der Waals surface area contributed by atoms with Crippen molar-refractivity contribution in [2.45, 2.75) is 0 Å². The Labute approximate surface area is 132 Å². The van der Waals surface area contributed by atoms with Crippen molar-refractivity contribution < 1.29 is 16.8 Å². The second-order valence-corrected chi connectivity index (χ2v) is 6.09. The first-order valence-corrected chi connectivity index (χ1v) is 7.73. The molecule has 1 aromatic carbocycles. The highest BCUT2D eigenvalue weighted by Gasteiger charge is 2.29. The molecule has 0 fully saturated rings. The van der Waals surface area contributed by atoms with Gasteiger partial charge in [-0.1, -0.05) is 23.4 Å². The second-order valence-electron chi connectivity index (χ2n) is 3.46. The van der Waals surface area contributed by atoms with Crippen molar-refractivity contribution in [1.29, 1.82) is 0 Å². The number of aromatic nitrogens is 5. The zero-order chi connectivity index (χ0) is 15.1. The Morgan fingerprint density at radius 2 is 2.14 bits per heavy atom. The Hall–Kier alpha value is -1.45. The van der Waals surface area contributed by atoms with Gasteiger partial charge in [-0.3, -0.25) is 0 Å². The SMILES string of the molecule is O=P(OCl)(OBr)Oc1cc2ccccc2[nH]1.c1nn[nH]n1. The van der Waals surface area contributed by atoms with Gasteiger partial charge in [0.2, 0.25) is 5.88 Å². The molecule has 2 heterocycles. The zero-order valence-corrected chi connectivity index (χ0v) is 13.4. The Balaban J connectivity index is 0.000000272. The van der Waals surface area contributed by atoms with Crippen LogP contribution >= 0.6 is 35.9 Å². The summed E-state index contributed by atoms with van der Waals surface area (Å²) >= 11 is 7.52. The van der Waals surface area contributed by atoms with Crippen LogP contribution < -0.4 is 4.52 Å². The van der Waals surface area contributed by atoms with E-state index in [-0.39, 0.29) is 5.88 Å². The predicted molar refractivity (Wildman–Crippen MR) is 77.7 cm³/mol. The number of nitrogens with zero attached hydrogens (tertiary/aromatic N) is 3. The molecule has 3 rings (SSSR count). The highest BCUT2D eigenvalue weighted by atomic mass is 79.9. The summed E-state index contributed by atoms with van der Waals surface area (Å²) in [6, 6.07) is 9.12. The average molecular weight is 397 g/mol. The summed E-state index contributed by atoms with van der Waals surface area (Å²) < 4.78 is 25.0. The van der Waals surface area contributed by atoms with Gasteiger partial charge in [0.05, 0.1) is 11.9 Å². The van der Waals surface area contributed by atoms with Crippen molar-refractivity contribution in [3.8, 4) is 5.88 Å². The largest absolute Gasteiger partial charge is 0.559 e. The quantitative estimate of drug-likeness (QED) is 0.650. The van der Waals surface area contributed by atoms with Gasteiger partial charge >= 0.3 is 7.82 Å². The van der Waals surface area contributed by atoms with E-state index in [4.69, 9.17) is 16.4 Å². The van der Waals surface area contributed by atoms with E-state index in [0.29, 0.717) is 0 Å². The molecular formula is C9H8BrClN5O4P. The van der Waals surface area contributed by atoms with Crippen molar-refractivity contribution >= 4 is 46.9 Å². The van der Waals surface area contributed by atoms with Crippen molar-refractivity contribution in [3.63, 3.8) is 0 Å². The van der Waals surface area contributed by atoms with Crippen molar-refractivity contribution in [2.24, 2.45) is 0 Å². The molecule has 0 aliphatic carbocycles. The van der Waals surface area contributed by atoms with Gasteiger partial charge in [0.25, 0.3) is 0 Å². The van der Waals surface area contributed by atoms with Crippen LogP contribution in [0.1, 0.15) is 0 Å². The molecule has 2 aromatic heterocycles. The Morgan fingerprint density at radius 1 is 1.33 bits per heavy atom. The molecule has 21 heavy (non-hydrogen) atoms. The lowest BCUT2D eigenvalue weighted by Gasteiger charge is -2.08. The molecule has 0 bridgehead atoms. The van der Waals surface area contributed by atoms with Gasteiger partial charge < -0.3 is 9.51 Å². The number of phosphoric acid groups is 1. The van der Waals surface area contributed by atoms with Crippen LogP contribution in [-0.2, 0) is 12.3 Å². The van der Waals surface area contributed by atoms with Crippen LogP contribution in [0.15, 0.2) is 36.7 Å². The summed E-state index contributed by atoms with van der Waals surface area (Å²) in [5.41, 5.74) is 0.841. The number of H-pyrrole nitrogens is 2. The first-order chi connectivity index (χ1) is 10.2. The predicted octanol–water partition coefficient (Wildman–Crippen LogP) is 3.35. The molecule has 0 spiro atoms. The third kappa shape index (κ3) is 4.51. The summed E-state index contributed by atoms with van der Waals surface area (Å²) in [5, 5.41) is 13.1. The van der Waals surface area contributed by atoms with Crippen LogP contribution in [0.25, 0.3) is 10.9 Å². The third-order valence-corrected chi connectivity index (χ3v) is 4.48. The number of hydrogen-bond donors (Lipinski definition) is 2. The minimum Gasteiger partial charge on any atom is -0.386 e. The highest BCUT2D eigenvalue weighted by Crippen LogP contribution is 2.52. The van der Waals surface area contributed by atoms with Crippen LogP contribution in [0.2, 0.25) is 0 Å². The van der Waals surface area contributed by atoms with E-state index in [0.717, 1.165) is 10.9 Å². The monoisotopic (exact) mass is 395 g/mol. The molecule has 0 aliphatic heterocycles. The van der Waals surface area contributed by atoms with E-state index in [1.54, 1.807) is 6.07 Å². The van der Waals surface area contributed by atoms with Crippen molar-refractivity contribution in [2.75, 3.05) is 0 Å². The number of hydrogen-bond acceptors (Lipinski definition) is 7. The zero-order valence-electron chi connectivity index (χ0n) is 10.1. The van der Waals surface area contributed by atoms with Crippen molar-refractivity contribution in [3.05, 3.63) is 36.7 Å². The highest BCUT2D eigenvalue weighted by molar-refractivity contribution is 9.06. The summed E-state index contributed by atoms with van der Waals surface area (Å²) in [6.07, 6.45) is 1.33. The molecule has 0 amide bonds. The van der Waals surface area contributed by atoms with Gasteiger partial charge in [-0.25, -0.2) is 4.57 Å². The third-order valence-electron chi connectivity index (χ3n) is 2.15. The van der Waals surface area contributed by atoms with Gasteiger partial charge in [0.1, 0.15) is 16.3 Å². The number of aromatic amines is 2. The van der Waals surface area contributed by atoms with Crippen LogP contribution in [0.5, 0.6) is 5.88 Å². The van der Waals surface area contributed by atoms with Gasteiger partial charge in [0.15, 0.2) is 6.33 Å². The Kier molecular flexibility index (Phi) is 5.71. The molecule has 0 radical (unpaired) electrons. The maximum absolute atomic E-state index is 11.5. The molecule has 3 aromatic rings. The molecule has 2 N–H and O–H groups in total. The van der Waals surface area contributed by atoms with Crippen LogP contribution in [0.4, 0.5) is 0 Å². The number of rotatable bonds is 4. The van der Waals surface area contributed by atoms with E-state index in [1.807, 2.05) is 24.3 Å². The molecular weight excluding hydrogens is 388 g/mol. The molecule has 0 aliphatic rings. The molecule has 0 saturated carbocycles. The molecule has 9 nitrogen and oxygen atoms in total. The molecule has 1 unspecified atom stereocenters. The van der Waals surface area contributed by atoms with E-state index in [2.05, 4.69) is 49.6 Å². The standard InChI is InChI=1S/C8H6BrClNO4P.CH2N4/c9-14-16(12,15-10)13-8-5-6-3-1-2-4-7(6)11-8;1-2-4-5-3-1/h1-5,11H;1H,(H,2,3,4,5). The normalized spacial score (nSPS) is 13.2. The number of nitrogens with one attached hydrogen (secondary N) is 2. The Morgan fingerprint density at radius 3 is 2.67 bits per heavy atom. The minimum absolute atomic E-state index is 0.240. The maximum Gasteiger partial charge on any atom is 0.559 e. The van der Waals surface area contributed by atoms with Gasteiger partial charge in [0, 0.05) is 17.0 Å². The molecule has 0 saturated heterocycles. The second kappa shape index (κ2) is 7.53. The first-order valence-electron chi connectivity index (χ1n) is 5.31. The lowest BCUT2D eigenvalue weighted by Crippen LogP contribution is -1.92. The topological polar surface area (TPSA) is 115 Å². The van der Waals surface area contributed by atoms with E-state index in [9.17, 15) is 4.57 Å². The molecule has 1 atom stereocenters. The van der Waals surface area contributed by atoms with E-state index in [1.165, 1.54) is 6.33 Å². The smallest absolute Gasteiger partial charge is 0.386 e. The fourth-order valence-corrected chi connectivity index (χ4v) is 2.53. The van der Waals surface area contributed by atoms with Crippen molar-refractivity contribution in [1.82, 2.24) is 25.6 Å². The summed E-state index contributed by atoms with van der Waals surface area (Å²) in [5.74, 6) is 0.240. The fourth-order valence-electron chi connectivity index (χ4n) is 1.38. The molecule has 12 heteroatoms. The number of benzene rings is 1. The summed E-state index contributed by atoms with van der Waals surface area (Å²) in [7, 11) is -3.81. The summed E-state index contributed by atoms with van der Waals surface area (Å²) in [4.78, 5) is 2.89. The fraction of sp³-hybridized carbons (Fsp3) is 0. The number of tetrazole rings is 1. The minimum atomic E-state index is -3.81. The van der Waals surface area contributed by atoms with Gasteiger partial charge in [-0.15, -0.1) is 10.2 Å². The van der Waals surface area contributed by atoms with Crippen LogP contribution in [-0.4, -0.2) is 25.6 Å². The van der Waals surface area contributed by atoms with Crippen LogP contribution in [0, 0.1) is 0 Å². The van der Waals surface area contributed by atoms with Gasteiger partial charge in [-0.2, -0.15) is 12.9 Å². The maximum atomic E-state index is 11.5. The lowest BCUT2D eigenvalue weighted by atomic mass is 10.3. The van der Waals surface area contributed by atoms with Gasteiger partial charge in [-0.05, 0) is 6.07 Å². The number of fused-ring (bicyclic) bond motifs is 1. The lowest BCUT2D eigenvalue weighted by molar-refractivity contribution is 0.326. The molecule has 112 valence electrons. The number of halogens is 2. The Bertz CT molecular complexity index is 666. The van der Waals surface area contributed by atoms with E-state index < -0.39 is 7.82 Å².